The van der Waals surface area contributed by atoms with E-state index < -0.39 is 0 Å². The molecule has 0 atom stereocenters. The molecule has 0 amide bonds. The lowest BCUT2D eigenvalue weighted by Gasteiger charge is -1.95. The molecule has 2 aliphatic rings. The van der Waals surface area contributed by atoms with E-state index >= 15 is 0 Å². The Kier molecular flexibility index (Phi) is 0.830. The van der Waals surface area contributed by atoms with E-state index in [1.807, 2.05) is 0 Å². The molecule has 0 saturated carbocycles. The SMILES string of the molecule is Nn1ncc2ncnc-2n1. The van der Waals surface area contributed by atoms with Gasteiger partial charge in [0.25, 0.3) is 0 Å². The molecule has 0 aromatic rings. The fourth-order valence-electron chi connectivity index (χ4n) is 0.674. The quantitative estimate of drug-likeness (QED) is 0.464. The second kappa shape index (κ2) is 1.63. The number of nitrogens with two attached hydrogens (primary N) is 1. The van der Waals surface area contributed by atoms with Crippen LogP contribution in [-0.2, 0) is 0 Å². The summed E-state index contributed by atoms with van der Waals surface area (Å²) in [5, 5.41) is 7.41. The molecule has 6 nitrogen and oxygen atoms in total. The Labute approximate surface area is 56.0 Å². The molecular formula is C4H4N6. The van der Waals surface area contributed by atoms with Crippen molar-refractivity contribution in [2.75, 3.05) is 5.84 Å². The van der Waals surface area contributed by atoms with Crippen LogP contribution in [0.25, 0.3) is 11.5 Å². The zero-order valence-electron chi connectivity index (χ0n) is 4.97. The lowest BCUT2D eigenvalue weighted by molar-refractivity contribution is 0.661. The van der Waals surface area contributed by atoms with Gasteiger partial charge in [-0.2, -0.15) is 0 Å². The predicted octanol–water partition coefficient (Wildman–Crippen LogP) is -1.11. The molecule has 0 unspecified atom stereocenters. The molecule has 2 rings (SSSR count). The summed E-state index contributed by atoms with van der Waals surface area (Å²) in [5.74, 6) is 5.72. The summed E-state index contributed by atoms with van der Waals surface area (Å²) in [4.78, 5) is 8.63. The van der Waals surface area contributed by atoms with Crippen molar-refractivity contribution in [1.82, 2.24) is 25.1 Å². The number of nitrogen functional groups attached to an aromatic ring is 1. The van der Waals surface area contributed by atoms with Crippen LogP contribution in [0.5, 0.6) is 0 Å². The fraction of sp³-hybridized carbons (Fsp3) is 0. The zero-order chi connectivity index (χ0) is 6.97. The van der Waals surface area contributed by atoms with Crippen molar-refractivity contribution < 1.29 is 0 Å². The molecule has 0 aliphatic carbocycles. The average molecular weight is 136 g/mol. The maximum absolute atomic E-state index is 5.21. The molecule has 50 valence electrons. The van der Waals surface area contributed by atoms with Crippen LogP contribution in [0.1, 0.15) is 0 Å². The van der Waals surface area contributed by atoms with Gasteiger partial charge in [0.15, 0.2) is 0 Å². The van der Waals surface area contributed by atoms with Gasteiger partial charge in [-0.25, -0.2) is 9.97 Å². The molecule has 10 heavy (non-hydrogen) atoms. The molecule has 2 heterocycles. The van der Waals surface area contributed by atoms with Crippen LogP contribution in [0.4, 0.5) is 0 Å². The van der Waals surface area contributed by atoms with Gasteiger partial charge in [0, 0.05) is 0 Å². The number of hydrogen-bond donors (Lipinski definition) is 1. The molecule has 0 fully saturated rings. The minimum atomic E-state index is 0.512. The first-order valence-corrected chi connectivity index (χ1v) is 2.64. The van der Waals surface area contributed by atoms with E-state index in [4.69, 9.17) is 5.84 Å². The zero-order valence-corrected chi connectivity index (χ0v) is 4.97. The van der Waals surface area contributed by atoms with Gasteiger partial charge in [0.2, 0.25) is 5.82 Å². The second-order valence-electron chi connectivity index (χ2n) is 1.75. The van der Waals surface area contributed by atoms with Crippen molar-refractivity contribution in [3.05, 3.63) is 12.5 Å². The third-order valence-corrected chi connectivity index (χ3v) is 1.10. The molecule has 2 N–H and O–H groups in total. The smallest absolute Gasteiger partial charge is 0.205 e. The minimum absolute atomic E-state index is 0.512. The maximum atomic E-state index is 5.21. The standard InChI is InChI=1S/C4H4N6/c5-10-8-1-3-4(9-10)7-2-6-3/h1-2H,5H2. The number of nitrogens with zero attached hydrogens (tertiary/aromatic N) is 5. The largest absolute Gasteiger partial charge is 0.306 e. The Morgan fingerprint density at radius 3 is 3.20 bits per heavy atom. The highest BCUT2D eigenvalue weighted by Gasteiger charge is 2.05. The number of rotatable bonds is 0. The molecule has 0 spiro atoms. The molecule has 2 aliphatic heterocycles. The van der Waals surface area contributed by atoms with Crippen LogP contribution in [-0.4, -0.2) is 25.1 Å². The van der Waals surface area contributed by atoms with Crippen LogP contribution in [0, 0.1) is 0 Å². The van der Waals surface area contributed by atoms with Gasteiger partial charge in [-0.1, -0.05) is 4.91 Å². The van der Waals surface area contributed by atoms with Crippen molar-refractivity contribution >= 4 is 0 Å². The van der Waals surface area contributed by atoms with E-state index in [0.717, 1.165) is 4.91 Å². The maximum Gasteiger partial charge on any atom is 0.205 e. The first-order valence-electron chi connectivity index (χ1n) is 2.64. The van der Waals surface area contributed by atoms with Crippen molar-refractivity contribution in [3.63, 3.8) is 0 Å². The Bertz CT molecular complexity index is 314. The topological polar surface area (TPSA) is 82.5 Å². The summed E-state index contributed by atoms with van der Waals surface area (Å²) in [7, 11) is 0. The fourth-order valence-corrected chi connectivity index (χ4v) is 0.674. The van der Waals surface area contributed by atoms with E-state index in [9.17, 15) is 0 Å². The molecule has 0 radical (unpaired) electrons. The first kappa shape index (κ1) is 5.10. The van der Waals surface area contributed by atoms with Gasteiger partial charge in [0.1, 0.15) is 12.0 Å². The minimum Gasteiger partial charge on any atom is -0.306 e. The number of fused-ring (bicyclic) bond motifs is 1. The van der Waals surface area contributed by atoms with E-state index in [-0.39, 0.29) is 0 Å². The van der Waals surface area contributed by atoms with Crippen molar-refractivity contribution in [2.24, 2.45) is 0 Å². The second-order valence-corrected chi connectivity index (χ2v) is 1.75. The Morgan fingerprint density at radius 1 is 1.40 bits per heavy atom. The number of imidazole rings is 1. The van der Waals surface area contributed by atoms with Crippen LogP contribution < -0.4 is 5.84 Å². The summed E-state index contributed by atoms with van der Waals surface area (Å²) in [6.45, 7) is 0. The highest BCUT2D eigenvalue weighted by molar-refractivity contribution is 5.46. The van der Waals surface area contributed by atoms with E-state index in [1.165, 1.54) is 12.5 Å². The lowest BCUT2D eigenvalue weighted by atomic mass is 10.5. The molecular weight excluding hydrogens is 132 g/mol. The Balaban J connectivity index is 2.75. The van der Waals surface area contributed by atoms with Gasteiger partial charge < -0.3 is 5.84 Å². The van der Waals surface area contributed by atoms with Crippen LogP contribution in [0.2, 0.25) is 0 Å². The third-order valence-electron chi connectivity index (χ3n) is 1.10. The molecule has 0 bridgehead atoms. The van der Waals surface area contributed by atoms with Gasteiger partial charge >= 0.3 is 0 Å². The molecule has 0 aromatic carbocycles. The Hall–Kier alpha value is -1.72. The van der Waals surface area contributed by atoms with Gasteiger partial charge in [0.05, 0.1) is 6.20 Å². The molecule has 0 aromatic heterocycles. The summed E-state index contributed by atoms with van der Waals surface area (Å²) in [6, 6.07) is 0. The van der Waals surface area contributed by atoms with Crippen molar-refractivity contribution in [3.8, 4) is 11.5 Å². The number of hydrogen-bond acceptors (Lipinski definition) is 5. The summed E-state index contributed by atoms with van der Waals surface area (Å²) in [6.07, 6.45) is 2.93. The lowest BCUT2D eigenvalue weighted by Crippen LogP contribution is -2.17. The van der Waals surface area contributed by atoms with Gasteiger partial charge in [-0.05, 0) is 0 Å². The van der Waals surface area contributed by atoms with Crippen LogP contribution in [0.3, 0.4) is 0 Å². The highest BCUT2D eigenvalue weighted by atomic mass is 15.6. The van der Waals surface area contributed by atoms with Crippen LogP contribution >= 0.6 is 0 Å². The Morgan fingerprint density at radius 2 is 2.30 bits per heavy atom. The first-order chi connectivity index (χ1) is 4.86. The molecule has 0 saturated heterocycles. The predicted molar refractivity (Wildman–Crippen MR) is 32.4 cm³/mol. The number of aromatic nitrogens is 5. The summed E-state index contributed by atoms with van der Waals surface area (Å²) < 4.78 is 0. The summed E-state index contributed by atoms with van der Waals surface area (Å²) >= 11 is 0. The van der Waals surface area contributed by atoms with E-state index in [2.05, 4.69) is 20.2 Å². The van der Waals surface area contributed by atoms with Crippen molar-refractivity contribution in [2.45, 2.75) is 0 Å². The highest BCUT2D eigenvalue weighted by Crippen LogP contribution is 2.07. The normalized spacial score (nSPS) is 10.4. The molecule has 6 heteroatoms. The van der Waals surface area contributed by atoms with Crippen LogP contribution in [0.15, 0.2) is 12.5 Å². The van der Waals surface area contributed by atoms with E-state index in [1.54, 1.807) is 0 Å². The summed E-state index contributed by atoms with van der Waals surface area (Å²) in [5.41, 5.74) is 0.654. The van der Waals surface area contributed by atoms with Gasteiger partial charge in [-0.3, -0.25) is 0 Å². The van der Waals surface area contributed by atoms with E-state index in [0.29, 0.717) is 11.5 Å². The van der Waals surface area contributed by atoms with Crippen molar-refractivity contribution in [1.29, 1.82) is 0 Å². The average Bonchev–Trinajstić information content (AvgIpc) is 2.33. The monoisotopic (exact) mass is 136 g/mol. The van der Waals surface area contributed by atoms with Gasteiger partial charge in [-0.15, -0.1) is 10.2 Å². The third kappa shape index (κ3) is 0.586.